The van der Waals surface area contributed by atoms with Gasteiger partial charge in [-0.25, -0.2) is 9.97 Å². The summed E-state index contributed by atoms with van der Waals surface area (Å²) in [6, 6.07) is 2.12. The summed E-state index contributed by atoms with van der Waals surface area (Å²) in [7, 11) is 7.34. The lowest BCUT2D eigenvalue weighted by Crippen LogP contribution is -2.40. The van der Waals surface area contributed by atoms with Crippen molar-refractivity contribution in [2.24, 2.45) is 0 Å². The number of rotatable bonds is 8. The van der Waals surface area contributed by atoms with Crippen LogP contribution in [0.1, 0.15) is 31.5 Å². The van der Waals surface area contributed by atoms with Gasteiger partial charge in [0.05, 0.1) is 24.4 Å². The van der Waals surface area contributed by atoms with Crippen molar-refractivity contribution in [2.75, 3.05) is 51.3 Å². The van der Waals surface area contributed by atoms with Crippen molar-refractivity contribution in [2.45, 2.75) is 52.3 Å². The predicted octanol–water partition coefficient (Wildman–Crippen LogP) is 2.50. The molecule has 0 radical (unpaired) electrons. The molecule has 8 nitrogen and oxygen atoms in total. The van der Waals surface area contributed by atoms with Gasteiger partial charge < -0.3 is 19.3 Å². The van der Waals surface area contributed by atoms with Gasteiger partial charge in [-0.15, -0.1) is 0 Å². The lowest BCUT2D eigenvalue weighted by molar-refractivity contribution is 0.111. The Morgan fingerprint density at radius 3 is 2.55 bits per heavy atom. The molecule has 0 spiro atoms. The SMILES string of the molecule is CCc1nc(-c2cnc(N(C)C)cc2C)n(CC)c(=O)c1N1C[C@H](OC)C[C@H]1COC. The fourth-order valence-corrected chi connectivity index (χ4v) is 4.31. The van der Waals surface area contributed by atoms with E-state index in [9.17, 15) is 4.79 Å². The quantitative estimate of drug-likeness (QED) is 0.638. The molecular formula is C23H35N5O3. The van der Waals surface area contributed by atoms with Gasteiger partial charge in [-0.2, -0.15) is 0 Å². The Morgan fingerprint density at radius 2 is 2.00 bits per heavy atom. The standard InChI is InChI=1S/C23H35N5O3/c1-8-19-21(28-13-17(31-7)11-16(28)14-30-6)23(29)27(9-2)22(25-19)18-12-24-20(26(4)5)10-15(18)3/h10,12,16-17H,8-9,11,13-14H2,1-7H3/t16-,17+/m0/s1. The second kappa shape index (κ2) is 9.78. The van der Waals surface area contributed by atoms with Crippen molar-refractivity contribution in [3.05, 3.63) is 33.9 Å². The third kappa shape index (κ3) is 4.45. The highest BCUT2D eigenvalue weighted by molar-refractivity contribution is 5.64. The van der Waals surface area contributed by atoms with Crippen LogP contribution in [-0.2, 0) is 22.4 Å². The molecule has 2 aromatic heterocycles. The molecule has 1 aliphatic heterocycles. The van der Waals surface area contributed by atoms with E-state index in [1.54, 1.807) is 18.8 Å². The number of methoxy groups -OCH3 is 2. The van der Waals surface area contributed by atoms with Gasteiger partial charge in [-0.3, -0.25) is 9.36 Å². The Kier molecular flexibility index (Phi) is 7.33. The molecule has 1 aliphatic rings. The van der Waals surface area contributed by atoms with E-state index in [4.69, 9.17) is 14.5 Å². The largest absolute Gasteiger partial charge is 0.383 e. The summed E-state index contributed by atoms with van der Waals surface area (Å²) in [4.78, 5) is 27.4. The number of aromatic nitrogens is 3. The average Bonchev–Trinajstić information content (AvgIpc) is 3.15. The Morgan fingerprint density at radius 1 is 1.26 bits per heavy atom. The molecule has 0 N–H and O–H groups in total. The predicted molar refractivity (Wildman–Crippen MR) is 124 cm³/mol. The molecule has 3 rings (SSSR count). The first-order chi connectivity index (χ1) is 14.9. The molecule has 170 valence electrons. The molecule has 0 aliphatic carbocycles. The van der Waals surface area contributed by atoms with Crippen molar-refractivity contribution in [3.8, 4) is 11.4 Å². The van der Waals surface area contributed by atoms with Gasteiger partial charge in [0, 0.05) is 53.2 Å². The number of hydrogen-bond acceptors (Lipinski definition) is 7. The van der Waals surface area contributed by atoms with Crippen molar-refractivity contribution < 1.29 is 9.47 Å². The smallest absolute Gasteiger partial charge is 0.277 e. The van der Waals surface area contributed by atoms with Crippen LogP contribution in [0, 0.1) is 6.92 Å². The molecular weight excluding hydrogens is 394 g/mol. The first-order valence-corrected chi connectivity index (χ1v) is 10.9. The Labute approximate surface area is 184 Å². The molecule has 3 heterocycles. The van der Waals surface area contributed by atoms with E-state index in [1.807, 2.05) is 52.0 Å². The molecule has 1 fully saturated rings. The van der Waals surface area contributed by atoms with Gasteiger partial charge in [0.1, 0.15) is 17.3 Å². The fourth-order valence-electron chi connectivity index (χ4n) is 4.31. The van der Waals surface area contributed by atoms with Crippen LogP contribution in [0.4, 0.5) is 11.5 Å². The average molecular weight is 430 g/mol. The Bertz CT molecular complexity index is 972. The highest BCUT2D eigenvalue weighted by atomic mass is 16.5. The van der Waals surface area contributed by atoms with E-state index in [0.29, 0.717) is 37.6 Å². The summed E-state index contributed by atoms with van der Waals surface area (Å²) < 4.78 is 12.8. The van der Waals surface area contributed by atoms with E-state index in [0.717, 1.165) is 29.1 Å². The van der Waals surface area contributed by atoms with Gasteiger partial charge in [0.15, 0.2) is 0 Å². The summed E-state index contributed by atoms with van der Waals surface area (Å²) >= 11 is 0. The van der Waals surface area contributed by atoms with Gasteiger partial charge >= 0.3 is 0 Å². The minimum absolute atomic E-state index is 0.0155. The van der Waals surface area contributed by atoms with Crippen LogP contribution in [0.15, 0.2) is 17.1 Å². The monoisotopic (exact) mass is 429 g/mol. The van der Waals surface area contributed by atoms with Crippen LogP contribution in [0.25, 0.3) is 11.4 Å². The maximum atomic E-state index is 13.8. The highest BCUT2D eigenvalue weighted by Gasteiger charge is 2.36. The van der Waals surface area contributed by atoms with Crippen LogP contribution in [0.5, 0.6) is 0 Å². The van der Waals surface area contributed by atoms with Crippen molar-refractivity contribution in [3.63, 3.8) is 0 Å². The number of aryl methyl sites for hydroxylation is 2. The van der Waals surface area contributed by atoms with Crippen LogP contribution in [0.2, 0.25) is 0 Å². The van der Waals surface area contributed by atoms with E-state index >= 15 is 0 Å². The minimum Gasteiger partial charge on any atom is -0.383 e. The molecule has 2 aromatic rings. The second-order valence-electron chi connectivity index (χ2n) is 8.24. The molecule has 1 saturated heterocycles. The van der Waals surface area contributed by atoms with Crippen LogP contribution < -0.4 is 15.4 Å². The number of nitrogens with zero attached hydrogens (tertiary/aromatic N) is 5. The summed E-state index contributed by atoms with van der Waals surface area (Å²) in [6.45, 7) is 7.80. The molecule has 0 bridgehead atoms. The summed E-state index contributed by atoms with van der Waals surface area (Å²) in [5.41, 5.74) is 3.39. The van der Waals surface area contributed by atoms with E-state index in [2.05, 4.69) is 9.88 Å². The zero-order valence-corrected chi connectivity index (χ0v) is 19.8. The Balaban J connectivity index is 2.16. The zero-order valence-electron chi connectivity index (χ0n) is 19.8. The Hall–Kier alpha value is -2.45. The normalized spacial score (nSPS) is 18.6. The molecule has 8 heteroatoms. The lowest BCUT2D eigenvalue weighted by Gasteiger charge is -2.28. The van der Waals surface area contributed by atoms with Crippen LogP contribution in [0.3, 0.4) is 0 Å². The topological polar surface area (TPSA) is 72.7 Å². The molecule has 0 unspecified atom stereocenters. The number of hydrogen-bond donors (Lipinski definition) is 0. The molecule has 2 atom stereocenters. The maximum absolute atomic E-state index is 13.8. The third-order valence-electron chi connectivity index (χ3n) is 6.02. The van der Waals surface area contributed by atoms with Crippen LogP contribution in [-0.4, -0.2) is 68.1 Å². The van der Waals surface area contributed by atoms with Gasteiger partial charge in [-0.1, -0.05) is 6.92 Å². The first kappa shape index (κ1) is 23.2. The van der Waals surface area contributed by atoms with E-state index in [-0.39, 0.29) is 17.7 Å². The minimum atomic E-state index is -0.0155. The van der Waals surface area contributed by atoms with Crippen molar-refractivity contribution in [1.29, 1.82) is 0 Å². The molecule has 0 aromatic carbocycles. The maximum Gasteiger partial charge on any atom is 0.277 e. The summed E-state index contributed by atoms with van der Waals surface area (Å²) in [5.74, 6) is 1.55. The van der Waals surface area contributed by atoms with E-state index in [1.165, 1.54) is 0 Å². The highest BCUT2D eigenvalue weighted by Crippen LogP contribution is 2.30. The van der Waals surface area contributed by atoms with Gasteiger partial charge in [0.2, 0.25) is 0 Å². The van der Waals surface area contributed by atoms with Gasteiger partial charge in [0.25, 0.3) is 5.56 Å². The number of pyridine rings is 1. The van der Waals surface area contributed by atoms with E-state index < -0.39 is 0 Å². The number of anilines is 2. The van der Waals surface area contributed by atoms with Crippen molar-refractivity contribution >= 4 is 11.5 Å². The van der Waals surface area contributed by atoms with Gasteiger partial charge in [-0.05, 0) is 38.3 Å². The zero-order chi connectivity index (χ0) is 22.7. The first-order valence-electron chi connectivity index (χ1n) is 10.9. The lowest BCUT2D eigenvalue weighted by atomic mass is 10.1. The van der Waals surface area contributed by atoms with Crippen molar-refractivity contribution in [1.82, 2.24) is 14.5 Å². The second-order valence-corrected chi connectivity index (χ2v) is 8.24. The summed E-state index contributed by atoms with van der Waals surface area (Å²) in [6.07, 6.45) is 3.39. The molecule has 0 saturated carbocycles. The molecule has 31 heavy (non-hydrogen) atoms. The number of ether oxygens (including phenoxy) is 2. The van der Waals surface area contributed by atoms with Crippen LogP contribution >= 0.6 is 0 Å². The molecule has 0 amide bonds. The third-order valence-corrected chi connectivity index (χ3v) is 6.02. The summed E-state index contributed by atoms with van der Waals surface area (Å²) in [5, 5.41) is 0. The fraction of sp³-hybridized carbons (Fsp3) is 0.609.